The molecule has 1 fully saturated rings. The maximum absolute atomic E-state index is 5.51. The number of rotatable bonds is 5. The van der Waals surface area contributed by atoms with Crippen LogP contribution in [0.1, 0.15) is 12.0 Å². The Morgan fingerprint density at radius 3 is 2.28 bits per heavy atom. The zero-order chi connectivity index (χ0) is 24.5. The van der Waals surface area contributed by atoms with Gasteiger partial charge in [-0.15, -0.1) is 0 Å². The summed E-state index contributed by atoms with van der Waals surface area (Å²) in [5.41, 5.74) is 4.52. The maximum Gasteiger partial charge on any atom is 0.225 e. The highest BCUT2D eigenvalue weighted by atomic mass is 16.5. The lowest BCUT2D eigenvalue weighted by molar-refractivity contribution is 0.356. The summed E-state index contributed by atoms with van der Waals surface area (Å²) in [7, 11) is 3.27. The Labute approximate surface area is 210 Å². The topological polar surface area (TPSA) is 79.7 Å². The van der Waals surface area contributed by atoms with Gasteiger partial charge in [-0.05, 0) is 30.5 Å². The second-order valence-electron chi connectivity index (χ2n) is 9.02. The molecule has 2 aromatic carbocycles. The number of fused-ring (bicyclic) bond motifs is 2. The summed E-state index contributed by atoms with van der Waals surface area (Å²) in [4.78, 5) is 25.4. The SMILES string of the molecule is COc1cc2ncnc(N3CCN(c4ncc(N5CCCc6ccccc65)cn4)CC3)c2cc1OC. The van der Waals surface area contributed by atoms with Crippen LogP contribution in [0.4, 0.5) is 23.1 Å². The first-order valence-electron chi connectivity index (χ1n) is 12.3. The Morgan fingerprint density at radius 1 is 0.778 bits per heavy atom. The third kappa shape index (κ3) is 4.00. The quantitative estimate of drug-likeness (QED) is 0.420. The Bertz CT molecular complexity index is 1370. The van der Waals surface area contributed by atoms with Gasteiger partial charge in [-0.2, -0.15) is 0 Å². The van der Waals surface area contributed by atoms with E-state index in [1.54, 1.807) is 20.5 Å². The Hall–Kier alpha value is -4.14. The van der Waals surface area contributed by atoms with Crippen LogP contribution < -0.4 is 24.2 Å². The van der Waals surface area contributed by atoms with E-state index in [4.69, 9.17) is 19.4 Å². The molecule has 0 aliphatic carbocycles. The Morgan fingerprint density at radius 2 is 1.50 bits per heavy atom. The molecular weight excluding hydrogens is 454 g/mol. The smallest absolute Gasteiger partial charge is 0.225 e. The first-order valence-corrected chi connectivity index (χ1v) is 12.3. The zero-order valence-electron chi connectivity index (χ0n) is 20.6. The molecule has 0 unspecified atom stereocenters. The maximum atomic E-state index is 5.51. The number of methoxy groups -OCH3 is 2. The fourth-order valence-electron chi connectivity index (χ4n) is 5.16. The molecule has 6 rings (SSSR count). The largest absolute Gasteiger partial charge is 0.493 e. The molecule has 0 amide bonds. The average molecular weight is 484 g/mol. The van der Waals surface area contributed by atoms with Gasteiger partial charge in [0.15, 0.2) is 11.5 Å². The molecule has 4 aromatic rings. The second kappa shape index (κ2) is 9.49. The molecule has 1 saturated heterocycles. The lowest BCUT2D eigenvalue weighted by Gasteiger charge is -2.36. The van der Waals surface area contributed by atoms with Crippen LogP contribution >= 0.6 is 0 Å². The number of hydrogen-bond donors (Lipinski definition) is 0. The Kier molecular flexibility index (Phi) is 5.88. The van der Waals surface area contributed by atoms with Crippen LogP contribution in [-0.2, 0) is 6.42 Å². The number of aryl methyl sites for hydroxylation is 1. The van der Waals surface area contributed by atoms with Gasteiger partial charge in [-0.1, -0.05) is 18.2 Å². The van der Waals surface area contributed by atoms with Gasteiger partial charge in [0.25, 0.3) is 0 Å². The highest BCUT2D eigenvalue weighted by molar-refractivity contribution is 5.92. The molecule has 0 atom stereocenters. The minimum atomic E-state index is 0.660. The number of benzene rings is 2. The standard InChI is InChI=1S/C27H29N7O2/c1-35-24-14-21-22(15-25(24)36-2)30-18-31-26(21)32-10-12-33(13-11-32)27-28-16-20(17-29-27)34-9-5-7-19-6-3-4-8-23(19)34/h3-4,6,8,14-18H,5,7,9-13H2,1-2H3. The molecule has 0 saturated carbocycles. The highest BCUT2D eigenvalue weighted by Gasteiger charge is 2.23. The number of piperazine rings is 1. The summed E-state index contributed by atoms with van der Waals surface area (Å²) in [5, 5.41) is 0.950. The van der Waals surface area contributed by atoms with Crippen molar-refractivity contribution in [3.8, 4) is 11.5 Å². The van der Waals surface area contributed by atoms with Crippen LogP contribution in [0, 0.1) is 0 Å². The molecule has 0 radical (unpaired) electrons. The predicted molar refractivity (Wildman–Crippen MR) is 141 cm³/mol. The Balaban J connectivity index is 1.18. The van der Waals surface area contributed by atoms with Crippen LogP contribution in [0.15, 0.2) is 55.1 Å². The monoisotopic (exact) mass is 483 g/mol. The first-order chi connectivity index (χ1) is 17.7. The summed E-state index contributed by atoms with van der Waals surface area (Å²) in [6.07, 6.45) is 7.77. The van der Waals surface area contributed by atoms with E-state index in [0.29, 0.717) is 11.5 Å². The number of aromatic nitrogens is 4. The fraction of sp³-hybridized carbons (Fsp3) is 0.333. The van der Waals surface area contributed by atoms with Crippen molar-refractivity contribution < 1.29 is 9.47 Å². The van der Waals surface area contributed by atoms with Crippen LogP contribution in [0.25, 0.3) is 10.9 Å². The van der Waals surface area contributed by atoms with E-state index in [1.165, 1.54) is 11.3 Å². The lowest BCUT2D eigenvalue weighted by atomic mass is 10.0. The van der Waals surface area contributed by atoms with Crippen molar-refractivity contribution in [1.82, 2.24) is 19.9 Å². The molecule has 184 valence electrons. The van der Waals surface area contributed by atoms with Crippen molar-refractivity contribution in [1.29, 1.82) is 0 Å². The molecule has 36 heavy (non-hydrogen) atoms. The zero-order valence-corrected chi connectivity index (χ0v) is 20.6. The second-order valence-corrected chi connectivity index (χ2v) is 9.02. The summed E-state index contributed by atoms with van der Waals surface area (Å²) in [5.74, 6) is 3.00. The van der Waals surface area contributed by atoms with Crippen molar-refractivity contribution in [2.24, 2.45) is 0 Å². The molecule has 0 bridgehead atoms. The van der Waals surface area contributed by atoms with Gasteiger partial charge >= 0.3 is 0 Å². The normalized spacial score (nSPS) is 15.7. The van der Waals surface area contributed by atoms with Crippen LogP contribution in [0.2, 0.25) is 0 Å². The van der Waals surface area contributed by atoms with E-state index in [1.807, 2.05) is 24.5 Å². The van der Waals surface area contributed by atoms with Crippen molar-refractivity contribution in [3.05, 3.63) is 60.7 Å². The molecule has 9 heteroatoms. The number of hydrogen-bond acceptors (Lipinski definition) is 9. The van der Waals surface area contributed by atoms with Gasteiger partial charge < -0.3 is 24.2 Å². The van der Waals surface area contributed by atoms with E-state index in [0.717, 1.165) is 73.9 Å². The lowest BCUT2D eigenvalue weighted by Crippen LogP contribution is -2.47. The van der Waals surface area contributed by atoms with Gasteiger partial charge in [0, 0.05) is 49.9 Å². The van der Waals surface area contributed by atoms with Gasteiger partial charge in [0.1, 0.15) is 12.1 Å². The van der Waals surface area contributed by atoms with Gasteiger partial charge in [-0.25, -0.2) is 19.9 Å². The minimum absolute atomic E-state index is 0.660. The molecule has 2 aliphatic rings. The summed E-state index contributed by atoms with van der Waals surface area (Å²) < 4.78 is 10.9. The number of ether oxygens (including phenoxy) is 2. The summed E-state index contributed by atoms with van der Waals surface area (Å²) in [6.45, 7) is 4.23. The van der Waals surface area contributed by atoms with Crippen molar-refractivity contribution in [2.45, 2.75) is 12.8 Å². The van der Waals surface area contributed by atoms with Gasteiger partial charge in [0.2, 0.25) is 5.95 Å². The fourth-order valence-corrected chi connectivity index (χ4v) is 5.16. The van der Waals surface area contributed by atoms with Crippen molar-refractivity contribution >= 4 is 34.0 Å². The molecule has 2 aliphatic heterocycles. The number of nitrogens with zero attached hydrogens (tertiary/aromatic N) is 7. The van der Waals surface area contributed by atoms with E-state index in [-0.39, 0.29) is 0 Å². The van der Waals surface area contributed by atoms with E-state index in [9.17, 15) is 0 Å². The third-order valence-corrected chi connectivity index (χ3v) is 7.03. The number of para-hydroxylation sites is 1. The van der Waals surface area contributed by atoms with Gasteiger partial charge in [0.05, 0.1) is 37.8 Å². The summed E-state index contributed by atoms with van der Waals surface area (Å²) in [6, 6.07) is 12.5. The summed E-state index contributed by atoms with van der Waals surface area (Å²) >= 11 is 0. The van der Waals surface area contributed by atoms with Gasteiger partial charge in [-0.3, -0.25) is 0 Å². The molecule has 0 spiro atoms. The molecular formula is C27H29N7O2. The van der Waals surface area contributed by atoms with E-state index >= 15 is 0 Å². The van der Waals surface area contributed by atoms with Crippen LogP contribution in [-0.4, -0.2) is 66.9 Å². The van der Waals surface area contributed by atoms with Crippen LogP contribution in [0.5, 0.6) is 11.5 Å². The minimum Gasteiger partial charge on any atom is -0.493 e. The molecule has 9 nitrogen and oxygen atoms in total. The number of anilines is 4. The first kappa shape index (κ1) is 22.3. The molecule has 2 aromatic heterocycles. The van der Waals surface area contributed by atoms with E-state index in [2.05, 4.69) is 48.9 Å². The van der Waals surface area contributed by atoms with Crippen molar-refractivity contribution in [3.63, 3.8) is 0 Å². The molecule has 0 N–H and O–H groups in total. The molecule has 4 heterocycles. The predicted octanol–water partition coefficient (Wildman–Crippen LogP) is 3.85. The van der Waals surface area contributed by atoms with Crippen LogP contribution in [0.3, 0.4) is 0 Å². The third-order valence-electron chi connectivity index (χ3n) is 7.03. The van der Waals surface area contributed by atoms with Crippen molar-refractivity contribution in [2.75, 3.05) is 61.6 Å². The average Bonchev–Trinajstić information content (AvgIpc) is 2.96. The van der Waals surface area contributed by atoms with E-state index < -0.39 is 0 Å². The highest BCUT2D eigenvalue weighted by Crippen LogP contribution is 2.35.